The number of anilines is 1. The number of hydrogen-bond donors (Lipinski definition) is 0. The Labute approximate surface area is 126 Å². The highest BCUT2D eigenvalue weighted by Gasteiger charge is 2.31. The van der Waals surface area contributed by atoms with Crippen LogP contribution >= 0.6 is 0 Å². The molecular weight excluding hydrogens is 266 g/mol. The second kappa shape index (κ2) is 6.33. The Balaban J connectivity index is 2.13. The van der Waals surface area contributed by atoms with Gasteiger partial charge in [-0.2, -0.15) is 0 Å². The first-order valence-electron chi connectivity index (χ1n) is 7.51. The van der Waals surface area contributed by atoms with E-state index < -0.39 is 5.60 Å². The molecule has 21 heavy (non-hydrogen) atoms. The summed E-state index contributed by atoms with van der Waals surface area (Å²) in [6.45, 7) is 6.60. The summed E-state index contributed by atoms with van der Waals surface area (Å²) in [6.07, 6.45) is 6.56. The van der Waals surface area contributed by atoms with Gasteiger partial charge in [0, 0.05) is 19.8 Å². The van der Waals surface area contributed by atoms with Gasteiger partial charge in [0.1, 0.15) is 11.8 Å². The lowest BCUT2D eigenvalue weighted by atomic mass is 10.1. The molecule has 1 aliphatic rings. The number of piperidine rings is 1. The van der Waals surface area contributed by atoms with Gasteiger partial charge >= 0.3 is 6.09 Å². The van der Waals surface area contributed by atoms with Crippen LogP contribution in [0, 0.1) is 0 Å². The number of pyridine rings is 1. The molecule has 116 valence electrons. The third-order valence-electron chi connectivity index (χ3n) is 3.58. The molecule has 1 aliphatic heterocycles. The lowest BCUT2D eigenvalue weighted by molar-refractivity contribution is 0.0197. The van der Waals surface area contributed by atoms with Crippen molar-refractivity contribution in [1.82, 2.24) is 9.88 Å². The normalized spacial score (nSPS) is 19.2. The van der Waals surface area contributed by atoms with Crippen LogP contribution in [-0.4, -0.2) is 41.3 Å². The molecule has 0 N–H and O–H groups in total. The van der Waals surface area contributed by atoms with Crippen LogP contribution in [0.3, 0.4) is 0 Å². The fourth-order valence-electron chi connectivity index (χ4n) is 2.60. The van der Waals surface area contributed by atoms with E-state index in [2.05, 4.69) is 9.88 Å². The van der Waals surface area contributed by atoms with Crippen molar-refractivity contribution in [1.29, 1.82) is 0 Å². The third kappa shape index (κ3) is 4.09. The van der Waals surface area contributed by atoms with Crippen LogP contribution < -0.4 is 4.90 Å². The van der Waals surface area contributed by atoms with Crippen molar-refractivity contribution in [3.63, 3.8) is 0 Å². The summed E-state index contributed by atoms with van der Waals surface area (Å²) in [5.41, 5.74) is 0.580. The van der Waals surface area contributed by atoms with Gasteiger partial charge in [-0.15, -0.1) is 0 Å². The van der Waals surface area contributed by atoms with Gasteiger partial charge < -0.3 is 9.64 Å². The minimum absolute atomic E-state index is 0.0257. The van der Waals surface area contributed by atoms with Crippen molar-refractivity contribution in [3.05, 3.63) is 24.5 Å². The predicted octanol–water partition coefficient (Wildman–Crippen LogP) is 3.26. The number of amides is 1. The molecule has 1 aromatic heterocycles. The van der Waals surface area contributed by atoms with Crippen LogP contribution in [0.25, 0.3) is 0 Å². The van der Waals surface area contributed by atoms with E-state index in [9.17, 15) is 4.79 Å². The summed E-state index contributed by atoms with van der Waals surface area (Å²) in [5.74, 6) is 0. The van der Waals surface area contributed by atoms with Crippen LogP contribution in [0.15, 0.2) is 24.5 Å². The van der Waals surface area contributed by atoms with E-state index in [0.717, 1.165) is 31.5 Å². The first kappa shape index (κ1) is 15.6. The Bertz CT molecular complexity index is 470. The number of carbonyl (C=O) groups is 1. The monoisotopic (exact) mass is 291 g/mol. The number of hydrogen-bond acceptors (Lipinski definition) is 4. The van der Waals surface area contributed by atoms with E-state index in [1.165, 1.54) is 0 Å². The first-order valence-corrected chi connectivity index (χ1v) is 7.51. The van der Waals surface area contributed by atoms with Gasteiger partial charge in [-0.3, -0.25) is 9.88 Å². The summed E-state index contributed by atoms with van der Waals surface area (Å²) in [6, 6.07) is 3.96. The van der Waals surface area contributed by atoms with Crippen molar-refractivity contribution in [2.24, 2.45) is 0 Å². The molecule has 2 rings (SSSR count). The zero-order valence-electron chi connectivity index (χ0n) is 13.4. The maximum atomic E-state index is 12.3. The predicted molar refractivity (Wildman–Crippen MR) is 83.2 cm³/mol. The van der Waals surface area contributed by atoms with Gasteiger partial charge in [-0.1, -0.05) is 0 Å². The molecule has 1 amide bonds. The maximum Gasteiger partial charge on any atom is 0.411 e. The summed E-state index contributed by atoms with van der Waals surface area (Å²) in [4.78, 5) is 20.4. The van der Waals surface area contributed by atoms with E-state index in [4.69, 9.17) is 4.74 Å². The Morgan fingerprint density at radius 1 is 1.43 bits per heavy atom. The molecule has 1 fully saturated rings. The fourth-order valence-corrected chi connectivity index (χ4v) is 2.60. The van der Waals surface area contributed by atoms with Gasteiger partial charge in [0.25, 0.3) is 0 Å². The molecule has 0 spiro atoms. The molecule has 0 aromatic carbocycles. The van der Waals surface area contributed by atoms with Crippen molar-refractivity contribution in [3.8, 4) is 0 Å². The van der Waals surface area contributed by atoms with E-state index in [1.54, 1.807) is 11.1 Å². The summed E-state index contributed by atoms with van der Waals surface area (Å²) >= 11 is 0. The Morgan fingerprint density at radius 2 is 2.19 bits per heavy atom. The minimum Gasteiger partial charge on any atom is -0.444 e. The number of aromatic nitrogens is 1. The number of nitrogens with zero attached hydrogens (tertiary/aromatic N) is 3. The van der Waals surface area contributed by atoms with Gasteiger partial charge in [0.15, 0.2) is 0 Å². The summed E-state index contributed by atoms with van der Waals surface area (Å²) in [5, 5.41) is 0. The molecule has 0 bridgehead atoms. The van der Waals surface area contributed by atoms with Crippen LogP contribution in [0.2, 0.25) is 0 Å². The number of rotatable bonds is 2. The first-order chi connectivity index (χ1) is 9.88. The van der Waals surface area contributed by atoms with Crippen molar-refractivity contribution < 1.29 is 9.53 Å². The molecule has 1 saturated heterocycles. The molecule has 0 radical (unpaired) electrons. The van der Waals surface area contributed by atoms with E-state index in [0.29, 0.717) is 0 Å². The second-order valence-electron chi connectivity index (χ2n) is 6.47. The highest BCUT2D eigenvalue weighted by molar-refractivity contribution is 5.69. The van der Waals surface area contributed by atoms with Crippen LogP contribution in [0.1, 0.15) is 40.0 Å². The van der Waals surface area contributed by atoms with E-state index >= 15 is 0 Å². The summed E-state index contributed by atoms with van der Waals surface area (Å²) < 4.78 is 5.48. The molecule has 1 aromatic rings. The second-order valence-corrected chi connectivity index (χ2v) is 6.47. The summed E-state index contributed by atoms with van der Waals surface area (Å²) in [7, 11) is 1.81. The topological polar surface area (TPSA) is 45.7 Å². The smallest absolute Gasteiger partial charge is 0.411 e. The molecule has 0 aliphatic carbocycles. The fraction of sp³-hybridized carbons (Fsp3) is 0.625. The van der Waals surface area contributed by atoms with Crippen LogP contribution in [0.5, 0.6) is 0 Å². The average molecular weight is 291 g/mol. The minimum atomic E-state index is -0.473. The molecule has 1 unspecified atom stereocenters. The third-order valence-corrected chi connectivity index (χ3v) is 3.58. The van der Waals surface area contributed by atoms with Gasteiger partial charge in [0.05, 0.1) is 11.9 Å². The maximum absolute atomic E-state index is 12.3. The molecule has 5 nitrogen and oxygen atoms in total. The highest BCUT2D eigenvalue weighted by atomic mass is 16.6. The molecule has 2 heterocycles. The van der Waals surface area contributed by atoms with Crippen molar-refractivity contribution in [2.45, 2.75) is 51.8 Å². The quantitative estimate of drug-likeness (QED) is 0.839. The lowest BCUT2D eigenvalue weighted by Gasteiger charge is -2.42. The zero-order valence-corrected chi connectivity index (χ0v) is 13.4. The Kier molecular flexibility index (Phi) is 4.70. The lowest BCUT2D eigenvalue weighted by Crippen LogP contribution is -2.52. The molecule has 5 heteroatoms. The largest absolute Gasteiger partial charge is 0.444 e. The van der Waals surface area contributed by atoms with Crippen LogP contribution in [-0.2, 0) is 4.74 Å². The van der Waals surface area contributed by atoms with Crippen LogP contribution in [0.4, 0.5) is 10.5 Å². The molecule has 0 saturated carbocycles. The highest BCUT2D eigenvalue weighted by Crippen LogP contribution is 2.26. The van der Waals surface area contributed by atoms with Crippen molar-refractivity contribution in [2.75, 3.05) is 18.5 Å². The SMILES string of the molecule is CN(C(=O)OC(C)(C)C)C1CCCCN1c1cccnc1. The van der Waals surface area contributed by atoms with E-state index in [1.807, 2.05) is 46.1 Å². The zero-order chi connectivity index (χ0) is 15.5. The Hall–Kier alpha value is -1.78. The van der Waals surface area contributed by atoms with Gasteiger partial charge in [-0.25, -0.2) is 4.79 Å². The Morgan fingerprint density at radius 3 is 2.81 bits per heavy atom. The van der Waals surface area contributed by atoms with Crippen molar-refractivity contribution >= 4 is 11.8 Å². The van der Waals surface area contributed by atoms with Gasteiger partial charge in [0.2, 0.25) is 0 Å². The number of carbonyl (C=O) groups excluding carboxylic acids is 1. The van der Waals surface area contributed by atoms with E-state index in [-0.39, 0.29) is 12.3 Å². The number of ether oxygens (including phenoxy) is 1. The standard InChI is InChI=1S/C16H25N3O2/c1-16(2,3)21-15(20)18(4)14-9-5-6-11-19(14)13-8-7-10-17-12-13/h7-8,10,12,14H,5-6,9,11H2,1-4H3. The van der Waals surface area contributed by atoms with Gasteiger partial charge in [-0.05, 0) is 52.2 Å². The molecular formula is C16H25N3O2. The molecule has 1 atom stereocenters. The average Bonchev–Trinajstić information content (AvgIpc) is 2.45.